The van der Waals surface area contributed by atoms with Gasteiger partial charge in [0, 0.05) is 24.8 Å². The number of thioether (sulfide) groups is 1. The Kier molecular flexibility index (Phi) is 5.53. The molecule has 1 saturated heterocycles. The minimum atomic E-state index is 0.0794. The lowest BCUT2D eigenvalue weighted by molar-refractivity contribution is -0.120. The summed E-state index contributed by atoms with van der Waals surface area (Å²) >= 11 is 1.74. The van der Waals surface area contributed by atoms with Crippen LogP contribution in [0.2, 0.25) is 0 Å². The second-order valence-electron chi connectivity index (χ2n) is 3.57. The van der Waals surface area contributed by atoms with E-state index in [0.29, 0.717) is 25.6 Å². The maximum atomic E-state index is 11.1. The molecule has 1 rings (SSSR count). The highest BCUT2D eigenvalue weighted by Crippen LogP contribution is 2.13. The molecular formula is C10H19N3OS. The summed E-state index contributed by atoms with van der Waals surface area (Å²) in [5.41, 5.74) is 0. The fourth-order valence-electron chi connectivity index (χ4n) is 1.29. The molecule has 1 aliphatic heterocycles. The molecule has 0 aliphatic carbocycles. The van der Waals surface area contributed by atoms with Crippen LogP contribution in [0.15, 0.2) is 4.99 Å². The van der Waals surface area contributed by atoms with Gasteiger partial charge in [-0.1, -0.05) is 11.8 Å². The van der Waals surface area contributed by atoms with E-state index < -0.39 is 0 Å². The molecule has 1 atom stereocenters. The third-order valence-corrected chi connectivity index (χ3v) is 3.09. The predicted molar refractivity (Wildman–Crippen MR) is 65.3 cm³/mol. The zero-order valence-electron chi connectivity index (χ0n) is 9.38. The summed E-state index contributed by atoms with van der Waals surface area (Å²) in [5.74, 6) is 1.20. The SMILES string of the molecule is CCNC(=O)CCN=C1NC(C)CCS1. The first kappa shape index (κ1) is 12.4. The monoisotopic (exact) mass is 229 g/mol. The van der Waals surface area contributed by atoms with Gasteiger partial charge in [-0.25, -0.2) is 0 Å². The van der Waals surface area contributed by atoms with Crippen LogP contribution in [-0.2, 0) is 4.79 Å². The molecule has 1 aliphatic rings. The Morgan fingerprint density at radius 1 is 1.73 bits per heavy atom. The quantitative estimate of drug-likeness (QED) is 0.755. The van der Waals surface area contributed by atoms with Gasteiger partial charge in [-0.2, -0.15) is 0 Å². The van der Waals surface area contributed by atoms with Gasteiger partial charge in [-0.05, 0) is 20.3 Å². The highest BCUT2D eigenvalue weighted by molar-refractivity contribution is 8.13. The normalized spacial score (nSPS) is 23.6. The van der Waals surface area contributed by atoms with E-state index in [4.69, 9.17) is 0 Å². The number of hydrogen-bond donors (Lipinski definition) is 2. The zero-order chi connectivity index (χ0) is 11.1. The molecule has 0 aromatic carbocycles. The smallest absolute Gasteiger partial charge is 0.221 e. The van der Waals surface area contributed by atoms with Gasteiger partial charge < -0.3 is 10.6 Å². The van der Waals surface area contributed by atoms with Crippen molar-refractivity contribution in [2.45, 2.75) is 32.7 Å². The molecule has 5 heteroatoms. The van der Waals surface area contributed by atoms with Crippen LogP contribution in [-0.4, -0.2) is 36.0 Å². The van der Waals surface area contributed by atoms with Crippen LogP contribution in [0.5, 0.6) is 0 Å². The van der Waals surface area contributed by atoms with Gasteiger partial charge >= 0.3 is 0 Å². The van der Waals surface area contributed by atoms with Gasteiger partial charge in [0.1, 0.15) is 0 Å². The van der Waals surface area contributed by atoms with Gasteiger partial charge in [0.15, 0.2) is 5.17 Å². The van der Waals surface area contributed by atoms with Gasteiger partial charge in [-0.3, -0.25) is 9.79 Å². The molecule has 1 heterocycles. The van der Waals surface area contributed by atoms with E-state index >= 15 is 0 Å². The standard InChI is InChI=1S/C10H19N3OS/c1-3-11-9(14)4-6-12-10-13-8(2)5-7-15-10/h8H,3-7H2,1-2H3,(H,11,14)(H,12,13). The summed E-state index contributed by atoms with van der Waals surface area (Å²) in [4.78, 5) is 15.5. The molecule has 0 aromatic heterocycles. The second-order valence-corrected chi connectivity index (χ2v) is 4.66. The summed E-state index contributed by atoms with van der Waals surface area (Å²) in [7, 11) is 0. The first-order chi connectivity index (χ1) is 7.22. The minimum Gasteiger partial charge on any atom is -0.362 e. The van der Waals surface area contributed by atoms with Crippen molar-refractivity contribution in [3.8, 4) is 0 Å². The first-order valence-corrected chi connectivity index (χ1v) is 6.41. The van der Waals surface area contributed by atoms with Crippen LogP contribution in [0.4, 0.5) is 0 Å². The van der Waals surface area contributed by atoms with E-state index in [1.54, 1.807) is 11.8 Å². The molecule has 1 amide bonds. The van der Waals surface area contributed by atoms with Crippen LogP contribution >= 0.6 is 11.8 Å². The topological polar surface area (TPSA) is 53.5 Å². The number of rotatable bonds is 4. The average Bonchev–Trinajstić information content (AvgIpc) is 2.18. The van der Waals surface area contributed by atoms with Crippen molar-refractivity contribution in [3.63, 3.8) is 0 Å². The molecule has 86 valence electrons. The van der Waals surface area contributed by atoms with Crippen LogP contribution < -0.4 is 10.6 Å². The van der Waals surface area contributed by atoms with E-state index in [0.717, 1.165) is 10.9 Å². The highest BCUT2D eigenvalue weighted by Gasteiger charge is 2.12. The molecule has 0 aromatic rings. The Bertz CT molecular complexity index is 243. The summed E-state index contributed by atoms with van der Waals surface area (Å²) in [5, 5.41) is 7.04. The molecule has 0 radical (unpaired) electrons. The number of amides is 1. The Morgan fingerprint density at radius 3 is 3.20 bits per heavy atom. The third kappa shape index (κ3) is 5.06. The van der Waals surface area contributed by atoms with Gasteiger partial charge in [0.05, 0.1) is 6.54 Å². The van der Waals surface area contributed by atoms with Gasteiger partial charge in [0.2, 0.25) is 5.91 Å². The fourth-order valence-corrected chi connectivity index (χ4v) is 2.42. The van der Waals surface area contributed by atoms with E-state index in [2.05, 4.69) is 22.5 Å². The second kappa shape index (κ2) is 6.71. The van der Waals surface area contributed by atoms with Gasteiger partial charge in [-0.15, -0.1) is 0 Å². The number of hydrogen-bond acceptors (Lipinski definition) is 3. The molecule has 1 unspecified atom stereocenters. The fraction of sp³-hybridized carbons (Fsp3) is 0.800. The molecule has 0 bridgehead atoms. The molecule has 1 fully saturated rings. The van der Waals surface area contributed by atoms with E-state index in [1.807, 2.05) is 6.92 Å². The number of carbonyl (C=O) groups is 1. The summed E-state index contributed by atoms with van der Waals surface area (Å²) in [6.45, 7) is 5.34. The van der Waals surface area contributed by atoms with Crippen molar-refractivity contribution in [2.24, 2.45) is 4.99 Å². The highest BCUT2D eigenvalue weighted by atomic mass is 32.2. The molecule has 2 N–H and O–H groups in total. The summed E-state index contributed by atoms with van der Waals surface area (Å²) in [6, 6.07) is 0.509. The van der Waals surface area contributed by atoms with Crippen molar-refractivity contribution >= 4 is 22.8 Å². The van der Waals surface area contributed by atoms with Crippen molar-refractivity contribution in [2.75, 3.05) is 18.8 Å². The molecule has 15 heavy (non-hydrogen) atoms. The summed E-state index contributed by atoms with van der Waals surface area (Å²) in [6.07, 6.45) is 1.66. The van der Waals surface area contributed by atoms with Crippen molar-refractivity contribution in [3.05, 3.63) is 0 Å². The van der Waals surface area contributed by atoms with Crippen molar-refractivity contribution < 1.29 is 4.79 Å². The predicted octanol–water partition coefficient (Wildman–Crippen LogP) is 0.984. The number of aliphatic imine (C=N–C) groups is 1. The van der Waals surface area contributed by atoms with E-state index in [9.17, 15) is 4.79 Å². The average molecular weight is 229 g/mol. The third-order valence-electron chi connectivity index (χ3n) is 2.13. The lowest BCUT2D eigenvalue weighted by Crippen LogP contribution is -2.35. The maximum Gasteiger partial charge on any atom is 0.221 e. The van der Waals surface area contributed by atoms with Crippen LogP contribution in [0.25, 0.3) is 0 Å². The zero-order valence-corrected chi connectivity index (χ0v) is 10.2. The van der Waals surface area contributed by atoms with Crippen molar-refractivity contribution in [1.29, 1.82) is 0 Å². The Balaban J connectivity index is 2.22. The maximum absolute atomic E-state index is 11.1. The van der Waals surface area contributed by atoms with Gasteiger partial charge in [0.25, 0.3) is 0 Å². The van der Waals surface area contributed by atoms with Crippen molar-refractivity contribution in [1.82, 2.24) is 10.6 Å². The van der Waals surface area contributed by atoms with Crippen LogP contribution in [0, 0.1) is 0 Å². The number of nitrogens with one attached hydrogen (secondary N) is 2. The number of nitrogens with zero attached hydrogens (tertiary/aromatic N) is 1. The van der Waals surface area contributed by atoms with E-state index in [-0.39, 0.29) is 5.91 Å². The first-order valence-electron chi connectivity index (χ1n) is 5.43. The molecule has 0 spiro atoms. The summed E-state index contributed by atoms with van der Waals surface area (Å²) < 4.78 is 0. The lowest BCUT2D eigenvalue weighted by atomic mass is 10.3. The van der Waals surface area contributed by atoms with Crippen LogP contribution in [0.3, 0.4) is 0 Å². The molecule has 0 saturated carbocycles. The molecular weight excluding hydrogens is 210 g/mol. The largest absolute Gasteiger partial charge is 0.362 e. The Hall–Kier alpha value is -0.710. The molecule has 4 nitrogen and oxygen atoms in total. The van der Waals surface area contributed by atoms with Crippen LogP contribution in [0.1, 0.15) is 26.7 Å². The Morgan fingerprint density at radius 2 is 2.53 bits per heavy atom. The minimum absolute atomic E-state index is 0.0794. The Labute approximate surface area is 95.3 Å². The number of carbonyl (C=O) groups excluding carboxylic acids is 1. The number of amidine groups is 1. The lowest BCUT2D eigenvalue weighted by Gasteiger charge is -2.21. The van der Waals surface area contributed by atoms with E-state index in [1.165, 1.54) is 6.42 Å².